The Labute approximate surface area is 136 Å². The standard InChI is InChI=1S/C20H21F3/c1-12(2)9-10-14(5)15(6)11-18(21)16(7)17(8)20(23)19(22)13(3)4/h9-11H,1,3,5-8H2,2,4H3/b10-9-,18-11+,20-19-. The molecule has 122 valence electrons. The number of allylic oxidation sites excluding steroid dienone is 12. The molecular weight excluding hydrogens is 297 g/mol. The zero-order chi connectivity index (χ0) is 18.3. The Balaban J connectivity index is 5.31. The molecule has 0 bridgehead atoms. The van der Waals surface area contributed by atoms with Crippen LogP contribution in [-0.2, 0) is 0 Å². The lowest BCUT2D eigenvalue weighted by Crippen LogP contribution is -1.93. The maximum absolute atomic E-state index is 14.1. The van der Waals surface area contributed by atoms with Gasteiger partial charge in [0.1, 0.15) is 5.83 Å². The number of hydrogen-bond donors (Lipinski definition) is 0. The van der Waals surface area contributed by atoms with Crippen molar-refractivity contribution >= 4 is 0 Å². The smallest absolute Gasteiger partial charge is 0.166 e. The summed E-state index contributed by atoms with van der Waals surface area (Å²) < 4.78 is 41.4. The SMILES string of the molecule is C=C(C)/C=C\C(=C)C(=C)/C=C(/F)C(=C)C(=C)/C(F)=C(/F)C(=C)C. The van der Waals surface area contributed by atoms with Gasteiger partial charge in [-0.25, -0.2) is 13.2 Å². The van der Waals surface area contributed by atoms with Crippen LogP contribution in [0.2, 0.25) is 0 Å². The Hall–Kier alpha value is -2.55. The molecule has 0 aromatic heterocycles. The van der Waals surface area contributed by atoms with Crippen LogP contribution < -0.4 is 0 Å². The van der Waals surface area contributed by atoms with Crippen molar-refractivity contribution in [2.24, 2.45) is 0 Å². The highest BCUT2D eigenvalue weighted by Gasteiger charge is 2.16. The molecule has 0 amide bonds. The average molecular weight is 318 g/mol. The molecule has 3 heteroatoms. The fourth-order valence-corrected chi connectivity index (χ4v) is 1.28. The van der Waals surface area contributed by atoms with E-state index in [2.05, 4.69) is 39.5 Å². The highest BCUT2D eigenvalue weighted by Crippen LogP contribution is 2.30. The van der Waals surface area contributed by atoms with E-state index in [-0.39, 0.29) is 16.7 Å². The predicted molar refractivity (Wildman–Crippen MR) is 93.8 cm³/mol. The first-order valence-electron chi connectivity index (χ1n) is 6.68. The van der Waals surface area contributed by atoms with Crippen molar-refractivity contribution in [3.63, 3.8) is 0 Å². The Morgan fingerprint density at radius 1 is 0.696 bits per heavy atom. The van der Waals surface area contributed by atoms with Gasteiger partial charge in [-0.05, 0) is 36.6 Å². The molecular formula is C20H21F3. The summed E-state index contributed by atoms with van der Waals surface area (Å²) in [6, 6.07) is 0. The van der Waals surface area contributed by atoms with Crippen molar-refractivity contribution < 1.29 is 13.2 Å². The molecule has 0 aromatic carbocycles. The first-order chi connectivity index (χ1) is 10.5. The van der Waals surface area contributed by atoms with Crippen LogP contribution in [0.5, 0.6) is 0 Å². The van der Waals surface area contributed by atoms with E-state index in [1.165, 1.54) is 6.92 Å². The molecule has 0 fully saturated rings. The second-order valence-electron chi connectivity index (χ2n) is 5.09. The molecule has 0 aromatic rings. The number of hydrogen-bond acceptors (Lipinski definition) is 0. The zero-order valence-electron chi connectivity index (χ0n) is 13.6. The van der Waals surface area contributed by atoms with Crippen molar-refractivity contribution in [1.29, 1.82) is 0 Å². The van der Waals surface area contributed by atoms with Crippen LogP contribution in [0.3, 0.4) is 0 Å². The van der Waals surface area contributed by atoms with Gasteiger partial charge in [-0.2, -0.15) is 0 Å². The Morgan fingerprint density at radius 2 is 1.22 bits per heavy atom. The third-order valence-electron chi connectivity index (χ3n) is 2.77. The number of halogens is 3. The monoisotopic (exact) mass is 318 g/mol. The molecule has 0 heterocycles. The van der Waals surface area contributed by atoms with E-state index in [1.807, 2.05) is 0 Å². The highest BCUT2D eigenvalue weighted by molar-refractivity contribution is 5.54. The average Bonchev–Trinajstić information content (AvgIpc) is 2.48. The van der Waals surface area contributed by atoms with Crippen LogP contribution in [-0.4, -0.2) is 0 Å². The van der Waals surface area contributed by atoms with Crippen molar-refractivity contribution in [2.75, 3.05) is 0 Å². The van der Waals surface area contributed by atoms with Crippen LogP contribution in [0.15, 0.2) is 109 Å². The highest BCUT2D eigenvalue weighted by atomic mass is 19.2. The molecule has 0 atom stereocenters. The maximum atomic E-state index is 14.1. The van der Waals surface area contributed by atoms with Crippen LogP contribution in [0.4, 0.5) is 13.2 Å². The molecule has 0 aliphatic carbocycles. The van der Waals surface area contributed by atoms with Gasteiger partial charge < -0.3 is 0 Å². The van der Waals surface area contributed by atoms with Gasteiger partial charge in [-0.3, -0.25) is 0 Å². The zero-order valence-corrected chi connectivity index (χ0v) is 13.6. The molecule has 0 radical (unpaired) electrons. The van der Waals surface area contributed by atoms with Gasteiger partial charge in [-0.1, -0.05) is 57.2 Å². The van der Waals surface area contributed by atoms with Crippen LogP contribution >= 0.6 is 0 Å². The Morgan fingerprint density at radius 3 is 1.65 bits per heavy atom. The van der Waals surface area contributed by atoms with Crippen LogP contribution in [0, 0.1) is 0 Å². The molecule has 0 N–H and O–H groups in total. The summed E-state index contributed by atoms with van der Waals surface area (Å²) in [5, 5.41) is 0. The first kappa shape index (κ1) is 20.5. The van der Waals surface area contributed by atoms with Gasteiger partial charge in [0.05, 0.1) is 0 Å². The van der Waals surface area contributed by atoms with E-state index in [0.29, 0.717) is 5.57 Å². The number of rotatable bonds is 8. The predicted octanol–water partition coefficient (Wildman–Crippen LogP) is 6.92. The fourth-order valence-electron chi connectivity index (χ4n) is 1.28. The van der Waals surface area contributed by atoms with Crippen molar-refractivity contribution in [3.05, 3.63) is 109 Å². The summed E-state index contributed by atoms with van der Waals surface area (Å²) in [5.74, 6) is -3.36. The molecule has 23 heavy (non-hydrogen) atoms. The quantitative estimate of drug-likeness (QED) is 0.426. The Bertz CT molecular complexity index is 680. The van der Waals surface area contributed by atoms with Gasteiger partial charge in [0.25, 0.3) is 0 Å². The summed E-state index contributed by atoms with van der Waals surface area (Å²) in [4.78, 5) is 0. The summed E-state index contributed by atoms with van der Waals surface area (Å²) in [6.45, 7) is 24.1. The van der Waals surface area contributed by atoms with Crippen molar-refractivity contribution in [3.8, 4) is 0 Å². The molecule has 0 spiro atoms. The summed E-state index contributed by atoms with van der Waals surface area (Å²) >= 11 is 0. The van der Waals surface area contributed by atoms with E-state index in [0.717, 1.165) is 11.6 Å². The minimum Gasteiger partial charge on any atom is -0.206 e. The van der Waals surface area contributed by atoms with Gasteiger partial charge in [0.2, 0.25) is 0 Å². The van der Waals surface area contributed by atoms with Gasteiger partial charge in [0, 0.05) is 11.1 Å². The molecule has 0 saturated heterocycles. The first-order valence-corrected chi connectivity index (χ1v) is 6.68. The fraction of sp³-hybridized carbons (Fsp3) is 0.100. The maximum Gasteiger partial charge on any atom is 0.166 e. The van der Waals surface area contributed by atoms with Crippen molar-refractivity contribution in [2.45, 2.75) is 13.8 Å². The van der Waals surface area contributed by atoms with Gasteiger partial charge in [-0.15, -0.1) is 0 Å². The van der Waals surface area contributed by atoms with E-state index in [4.69, 9.17) is 0 Å². The lowest BCUT2D eigenvalue weighted by Gasteiger charge is -2.08. The molecule has 0 aliphatic heterocycles. The minimum absolute atomic E-state index is 0.122. The Kier molecular flexibility index (Phi) is 7.81. The van der Waals surface area contributed by atoms with Crippen molar-refractivity contribution in [1.82, 2.24) is 0 Å². The lowest BCUT2D eigenvalue weighted by atomic mass is 10.0. The summed E-state index contributed by atoms with van der Waals surface area (Å²) in [7, 11) is 0. The molecule has 0 saturated carbocycles. The molecule has 0 nitrogen and oxygen atoms in total. The van der Waals surface area contributed by atoms with E-state index >= 15 is 0 Å². The van der Waals surface area contributed by atoms with Crippen LogP contribution in [0.1, 0.15) is 13.8 Å². The molecule has 0 aliphatic rings. The molecule has 0 unspecified atom stereocenters. The summed E-state index contributed by atoms with van der Waals surface area (Å²) in [6.07, 6.45) is 4.34. The second-order valence-corrected chi connectivity index (χ2v) is 5.09. The third-order valence-corrected chi connectivity index (χ3v) is 2.77. The van der Waals surface area contributed by atoms with Crippen LogP contribution in [0.25, 0.3) is 0 Å². The van der Waals surface area contributed by atoms with Gasteiger partial charge >= 0.3 is 0 Å². The molecule has 0 rings (SSSR count). The summed E-state index contributed by atoms with van der Waals surface area (Å²) in [5.41, 5.74) is 0.517. The minimum atomic E-state index is -1.29. The van der Waals surface area contributed by atoms with E-state index in [9.17, 15) is 13.2 Å². The van der Waals surface area contributed by atoms with E-state index in [1.54, 1.807) is 19.1 Å². The topological polar surface area (TPSA) is 0 Å². The largest absolute Gasteiger partial charge is 0.206 e. The lowest BCUT2D eigenvalue weighted by molar-refractivity contribution is 0.555. The van der Waals surface area contributed by atoms with Gasteiger partial charge in [0.15, 0.2) is 11.7 Å². The second kappa shape index (κ2) is 8.79. The normalized spacial score (nSPS) is 12.7. The van der Waals surface area contributed by atoms with E-state index < -0.39 is 23.1 Å². The third kappa shape index (κ3) is 6.39.